The summed E-state index contributed by atoms with van der Waals surface area (Å²) in [6.45, 7) is 0. The molecule has 0 atom stereocenters. The van der Waals surface area contributed by atoms with Crippen LogP contribution in [0.5, 0.6) is 17.2 Å². The molecular weight excluding hydrogens is 370 g/mol. The van der Waals surface area contributed by atoms with Gasteiger partial charge in [0.2, 0.25) is 5.75 Å². The van der Waals surface area contributed by atoms with Crippen LogP contribution in [0.2, 0.25) is 0 Å². The van der Waals surface area contributed by atoms with Crippen molar-refractivity contribution in [1.29, 1.82) is 0 Å². The number of carbonyl (C=O) groups is 1. The van der Waals surface area contributed by atoms with Crippen molar-refractivity contribution >= 4 is 11.4 Å². The van der Waals surface area contributed by atoms with Gasteiger partial charge < -0.3 is 19.5 Å². The summed E-state index contributed by atoms with van der Waals surface area (Å²) in [7, 11) is 3.22. The topological polar surface area (TPSA) is 74.1 Å². The van der Waals surface area contributed by atoms with Gasteiger partial charge >= 0.3 is 0 Å². The summed E-state index contributed by atoms with van der Waals surface area (Å²) in [6.07, 6.45) is 5.21. The molecule has 1 saturated carbocycles. The maximum absolute atomic E-state index is 12.7. The summed E-state index contributed by atoms with van der Waals surface area (Å²) in [5.41, 5.74) is 1.45. The highest BCUT2D eigenvalue weighted by Crippen LogP contribution is 2.38. The van der Waals surface area contributed by atoms with E-state index in [0.29, 0.717) is 22.9 Å². The Labute approximate surface area is 169 Å². The van der Waals surface area contributed by atoms with Gasteiger partial charge in [-0.1, -0.05) is 12.1 Å². The predicted octanol–water partition coefficient (Wildman–Crippen LogP) is 3.47. The molecule has 1 aromatic carbocycles. The van der Waals surface area contributed by atoms with Crippen molar-refractivity contribution in [2.24, 2.45) is 0 Å². The fourth-order valence-electron chi connectivity index (χ4n) is 3.84. The Morgan fingerprint density at radius 2 is 1.76 bits per heavy atom. The number of nitrogens with one attached hydrogen (secondary N) is 1. The van der Waals surface area contributed by atoms with Gasteiger partial charge in [-0.2, -0.15) is 5.10 Å². The Balaban J connectivity index is 1.35. The van der Waals surface area contributed by atoms with Crippen molar-refractivity contribution in [3.05, 3.63) is 54.4 Å². The number of benzene rings is 1. The number of hydrogen-bond donors (Lipinski definition) is 1. The third kappa shape index (κ3) is 3.99. The summed E-state index contributed by atoms with van der Waals surface area (Å²) in [5, 5.41) is 7.38. The molecule has 4 rings (SSSR count). The minimum atomic E-state index is -0.0990. The lowest BCUT2D eigenvalue weighted by Crippen LogP contribution is -2.40. The van der Waals surface area contributed by atoms with Crippen molar-refractivity contribution in [3.8, 4) is 17.2 Å². The lowest BCUT2D eigenvalue weighted by Gasteiger charge is -2.30. The summed E-state index contributed by atoms with van der Waals surface area (Å²) in [4.78, 5) is 12.7. The molecule has 1 aliphatic carbocycles. The highest BCUT2D eigenvalue weighted by atomic mass is 16.5. The summed E-state index contributed by atoms with van der Waals surface area (Å²) < 4.78 is 18.6. The molecule has 0 saturated heterocycles. The van der Waals surface area contributed by atoms with E-state index in [1.54, 1.807) is 31.0 Å². The van der Waals surface area contributed by atoms with E-state index in [4.69, 9.17) is 14.2 Å². The predicted molar refractivity (Wildman–Crippen MR) is 109 cm³/mol. The van der Waals surface area contributed by atoms with Crippen molar-refractivity contribution in [1.82, 2.24) is 14.9 Å². The van der Waals surface area contributed by atoms with E-state index >= 15 is 0 Å². The van der Waals surface area contributed by atoms with Gasteiger partial charge in [-0.05, 0) is 56.0 Å². The third-order valence-electron chi connectivity index (χ3n) is 5.32. The quantitative estimate of drug-likeness (QED) is 0.692. The maximum atomic E-state index is 12.7. The van der Waals surface area contributed by atoms with Crippen LogP contribution in [0.15, 0.2) is 48.7 Å². The molecule has 152 valence electrons. The van der Waals surface area contributed by atoms with E-state index in [2.05, 4.69) is 10.4 Å². The van der Waals surface area contributed by atoms with Crippen LogP contribution in [0, 0.1) is 0 Å². The first kappa shape index (κ1) is 19.1. The van der Waals surface area contributed by atoms with E-state index in [0.717, 1.165) is 31.2 Å². The molecule has 3 aromatic rings. The van der Waals surface area contributed by atoms with Crippen LogP contribution in [-0.2, 0) is 0 Å². The fourth-order valence-corrected chi connectivity index (χ4v) is 3.84. The molecule has 0 bridgehead atoms. The van der Waals surface area contributed by atoms with E-state index in [-0.39, 0.29) is 18.1 Å². The van der Waals surface area contributed by atoms with Crippen LogP contribution in [0.1, 0.15) is 36.2 Å². The van der Waals surface area contributed by atoms with Crippen LogP contribution in [0.4, 0.5) is 0 Å². The standard InChI is InChI=1S/C22H25N3O4/c1-27-19-7-4-8-20(21(19)28-2)29-17-11-9-15(10-12-17)24-22(26)18-6-3-5-16-13-14-23-25(16)18/h3-8,13-15,17H,9-12H2,1-2H3,(H,24,26). The molecule has 0 aliphatic heterocycles. The number of amides is 1. The van der Waals surface area contributed by atoms with Crippen molar-refractivity contribution in [2.45, 2.75) is 37.8 Å². The molecule has 2 aromatic heterocycles. The molecule has 0 radical (unpaired) electrons. The van der Waals surface area contributed by atoms with Gasteiger partial charge in [-0.3, -0.25) is 4.79 Å². The molecule has 0 spiro atoms. The lowest BCUT2D eigenvalue weighted by atomic mass is 9.92. The first-order valence-corrected chi connectivity index (χ1v) is 9.81. The second-order valence-electron chi connectivity index (χ2n) is 7.14. The molecule has 2 heterocycles. The average Bonchev–Trinajstić information content (AvgIpc) is 3.23. The van der Waals surface area contributed by atoms with E-state index < -0.39 is 0 Å². The number of aromatic nitrogens is 2. The Morgan fingerprint density at radius 1 is 1.00 bits per heavy atom. The second kappa shape index (κ2) is 8.43. The van der Waals surface area contributed by atoms with Crippen LogP contribution in [0.3, 0.4) is 0 Å². The summed E-state index contributed by atoms with van der Waals surface area (Å²) in [6, 6.07) is 13.2. The minimum Gasteiger partial charge on any atom is -0.493 e. The lowest BCUT2D eigenvalue weighted by molar-refractivity contribution is 0.0884. The Morgan fingerprint density at radius 3 is 2.52 bits per heavy atom. The van der Waals surface area contributed by atoms with Crippen LogP contribution in [0.25, 0.3) is 5.52 Å². The Bertz CT molecular complexity index is 993. The van der Waals surface area contributed by atoms with Gasteiger partial charge in [0.05, 0.1) is 32.0 Å². The molecule has 1 amide bonds. The third-order valence-corrected chi connectivity index (χ3v) is 5.32. The van der Waals surface area contributed by atoms with E-state index in [9.17, 15) is 4.79 Å². The Hall–Kier alpha value is -3.22. The molecular formula is C22H25N3O4. The number of carbonyl (C=O) groups excluding carboxylic acids is 1. The highest BCUT2D eigenvalue weighted by Gasteiger charge is 2.26. The van der Waals surface area contributed by atoms with E-state index in [1.807, 2.05) is 36.4 Å². The number of pyridine rings is 1. The fraction of sp³-hybridized carbons (Fsp3) is 0.364. The largest absolute Gasteiger partial charge is 0.493 e. The van der Waals surface area contributed by atoms with Gasteiger partial charge in [0.25, 0.3) is 5.91 Å². The monoisotopic (exact) mass is 395 g/mol. The molecule has 1 aliphatic rings. The molecule has 7 heteroatoms. The number of methoxy groups -OCH3 is 2. The molecule has 1 N–H and O–H groups in total. The smallest absolute Gasteiger partial charge is 0.270 e. The van der Waals surface area contributed by atoms with Crippen LogP contribution < -0.4 is 19.5 Å². The number of para-hydroxylation sites is 1. The SMILES string of the molecule is COc1cccc(OC2CCC(NC(=O)c3cccc4ccnn34)CC2)c1OC. The highest BCUT2D eigenvalue weighted by molar-refractivity contribution is 5.93. The van der Waals surface area contributed by atoms with Gasteiger partial charge in [0.1, 0.15) is 5.69 Å². The Kier molecular flexibility index (Phi) is 5.55. The minimum absolute atomic E-state index is 0.0821. The summed E-state index contributed by atoms with van der Waals surface area (Å²) >= 11 is 0. The maximum Gasteiger partial charge on any atom is 0.270 e. The molecule has 7 nitrogen and oxygen atoms in total. The average molecular weight is 395 g/mol. The first-order chi connectivity index (χ1) is 14.2. The molecule has 0 unspecified atom stereocenters. The number of hydrogen-bond acceptors (Lipinski definition) is 5. The molecule has 29 heavy (non-hydrogen) atoms. The molecule has 1 fully saturated rings. The summed E-state index contributed by atoms with van der Waals surface area (Å²) in [5.74, 6) is 1.85. The number of ether oxygens (including phenoxy) is 3. The van der Waals surface area contributed by atoms with Crippen molar-refractivity contribution in [2.75, 3.05) is 14.2 Å². The van der Waals surface area contributed by atoms with Crippen molar-refractivity contribution < 1.29 is 19.0 Å². The zero-order chi connectivity index (χ0) is 20.2. The number of rotatable bonds is 6. The number of nitrogens with zero attached hydrogens (tertiary/aromatic N) is 2. The first-order valence-electron chi connectivity index (χ1n) is 9.81. The zero-order valence-corrected chi connectivity index (χ0v) is 16.6. The number of fused-ring (bicyclic) bond motifs is 1. The van der Waals surface area contributed by atoms with E-state index in [1.165, 1.54) is 0 Å². The zero-order valence-electron chi connectivity index (χ0n) is 16.6. The second-order valence-corrected chi connectivity index (χ2v) is 7.14. The normalized spacial score (nSPS) is 19.0. The van der Waals surface area contributed by atoms with Gasteiger partial charge in [-0.15, -0.1) is 0 Å². The van der Waals surface area contributed by atoms with Gasteiger partial charge in [0.15, 0.2) is 11.5 Å². The van der Waals surface area contributed by atoms with Crippen LogP contribution in [-0.4, -0.2) is 41.9 Å². The van der Waals surface area contributed by atoms with Crippen LogP contribution >= 0.6 is 0 Å². The van der Waals surface area contributed by atoms with Gasteiger partial charge in [0, 0.05) is 6.04 Å². The van der Waals surface area contributed by atoms with Crippen molar-refractivity contribution in [3.63, 3.8) is 0 Å². The van der Waals surface area contributed by atoms with Gasteiger partial charge in [-0.25, -0.2) is 4.52 Å².